The van der Waals surface area contributed by atoms with E-state index in [0.717, 1.165) is 17.0 Å². The summed E-state index contributed by atoms with van der Waals surface area (Å²) in [5.74, 6) is -0.423. The molecule has 0 bridgehead atoms. The predicted octanol–water partition coefficient (Wildman–Crippen LogP) is 5.28. The maximum atomic E-state index is 13.9. The molecule has 4 aromatic rings. The van der Waals surface area contributed by atoms with E-state index in [2.05, 4.69) is 20.3 Å². The van der Waals surface area contributed by atoms with Gasteiger partial charge in [-0.3, -0.25) is 20.1 Å². The van der Waals surface area contributed by atoms with Crippen LogP contribution in [-0.4, -0.2) is 28.0 Å². The molecule has 1 aromatic carbocycles. The quantitative estimate of drug-likeness (QED) is 0.462. The van der Waals surface area contributed by atoms with Crippen molar-refractivity contribution in [2.75, 3.05) is 12.4 Å². The van der Waals surface area contributed by atoms with Crippen LogP contribution < -0.4 is 10.1 Å². The number of nitrogens with one attached hydrogen (secondary N) is 1. The number of methoxy groups -OCH3 is 1. The number of rotatable bonds is 5. The van der Waals surface area contributed by atoms with Gasteiger partial charge in [-0.2, -0.15) is 0 Å². The van der Waals surface area contributed by atoms with Crippen LogP contribution in [0.2, 0.25) is 0 Å². The van der Waals surface area contributed by atoms with Crippen molar-refractivity contribution >= 4 is 22.4 Å². The third-order valence-electron chi connectivity index (χ3n) is 4.55. The summed E-state index contributed by atoms with van der Waals surface area (Å²) >= 11 is 1.30. The molecule has 0 aliphatic rings. The number of nitrogens with zero attached hydrogens (tertiary/aromatic N) is 3. The number of thiazole rings is 1. The Kier molecular flexibility index (Phi) is 5.73. The summed E-state index contributed by atoms with van der Waals surface area (Å²) in [7, 11) is 1.48. The second kappa shape index (κ2) is 8.61. The van der Waals surface area contributed by atoms with E-state index in [1.54, 1.807) is 18.3 Å². The lowest BCUT2D eigenvalue weighted by Crippen LogP contribution is -2.14. The van der Waals surface area contributed by atoms with E-state index >= 15 is 0 Å². The van der Waals surface area contributed by atoms with Crippen LogP contribution in [0.15, 0.2) is 54.0 Å². The van der Waals surface area contributed by atoms with Crippen molar-refractivity contribution in [3.05, 3.63) is 76.7 Å². The average molecular weight is 434 g/mol. The zero-order valence-electron chi connectivity index (χ0n) is 17.1. The van der Waals surface area contributed by atoms with E-state index in [9.17, 15) is 9.18 Å². The summed E-state index contributed by atoms with van der Waals surface area (Å²) in [6, 6.07) is 11.3. The van der Waals surface area contributed by atoms with Gasteiger partial charge in [0, 0.05) is 22.8 Å². The van der Waals surface area contributed by atoms with Crippen molar-refractivity contribution in [1.82, 2.24) is 15.0 Å². The van der Waals surface area contributed by atoms with Gasteiger partial charge in [-0.1, -0.05) is 0 Å². The summed E-state index contributed by atoms with van der Waals surface area (Å²) in [4.78, 5) is 26.3. The Morgan fingerprint density at radius 2 is 1.94 bits per heavy atom. The number of halogens is 1. The number of amides is 1. The molecule has 156 valence electrons. The number of carbonyl (C=O) groups excluding carboxylic acids is 1. The average Bonchev–Trinajstić information content (AvgIpc) is 3.21. The lowest BCUT2D eigenvalue weighted by molar-refractivity contribution is 0.102. The van der Waals surface area contributed by atoms with Gasteiger partial charge in [0.15, 0.2) is 5.13 Å². The maximum Gasteiger partial charge on any atom is 0.259 e. The molecule has 0 aliphatic carbocycles. The van der Waals surface area contributed by atoms with Gasteiger partial charge in [-0.15, -0.1) is 11.3 Å². The van der Waals surface area contributed by atoms with Gasteiger partial charge in [0.05, 0.1) is 24.1 Å². The number of aromatic nitrogens is 3. The van der Waals surface area contributed by atoms with Gasteiger partial charge >= 0.3 is 0 Å². The van der Waals surface area contributed by atoms with E-state index in [1.807, 2.05) is 31.4 Å². The van der Waals surface area contributed by atoms with Crippen LogP contribution in [0.3, 0.4) is 0 Å². The molecule has 4 rings (SSSR count). The lowest BCUT2D eigenvalue weighted by Gasteiger charge is -2.11. The van der Waals surface area contributed by atoms with Gasteiger partial charge < -0.3 is 4.74 Å². The van der Waals surface area contributed by atoms with Crippen LogP contribution in [0, 0.1) is 19.7 Å². The van der Waals surface area contributed by atoms with Crippen LogP contribution in [0.4, 0.5) is 9.52 Å². The fourth-order valence-electron chi connectivity index (χ4n) is 3.25. The Hall–Kier alpha value is -3.65. The van der Waals surface area contributed by atoms with E-state index < -0.39 is 11.7 Å². The fourth-order valence-corrected chi connectivity index (χ4v) is 3.95. The van der Waals surface area contributed by atoms with E-state index in [1.165, 1.54) is 36.6 Å². The van der Waals surface area contributed by atoms with Gasteiger partial charge in [0.1, 0.15) is 17.3 Å². The molecule has 0 saturated heterocycles. The van der Waals surface area contributed by atoms with E-state index in [-0.39, 0.29) is 5.56 Å². The molecule has 0 atom stereocenters. The second-order valence-corrected chi connectivity index (χ2v) is 7.77. The molecule has 1 amide bonds. The molecule has 3 aromatic heterocycles. The molecule has 0 aliphatic heterocycles. The highest BCUT2D eigenvalue weighted by molar-refractivity contribution is 7.14. The number of benzene rings is 1. The molecule has 3 heterocycles. The summed E-state index contributed by atoms with van der Waals surface area (Å²) in [6.45, 7) is 3.92. The predicted molar refractivity (Wildman–Crippen MR) is 119 cm³/mol. The number of anilines is 1. The first-order valence-electron chi connectivity index (χ1n) is 9.46. The normalized spacial score (nSPS) is 10.7. The molecule has 0 spiro atoms. The maximum absolute atomic E-state index is 13.9. The van der Waals surface area contributed by atoms with Crippen LogP contribution in [0.25, 0.3) is 22.6 Å². The van der Waals surface area contributed by atoms with E-state index in [0.29, 0.717) is 27.8 Å². The number of ether oxygens (including phenoxy) is 1. The van der Waals surface area contributed by atoms with Gasteiger partial charge in [0.2, 0.25) is 0 Å². The van der Waals surface area contributed by atoms with Gasteiger partial charge in [-0.25, -0.2) is 9.37 Å². The third kappa shape index (κ3) is 4.44. The lowest BCUT2D eigenvalue weighted by atomic mass is 10.0. The first kappa shape index (κ1) is 20.6. The Balaban J connectivity index is 1.64. The summed E-state index contributed by atoms with van der Waals surface area (Å²) in [5, 5.41) is 5.08. The molecule has 0 saturated carbocycles. The molecule has 1 N–H and O–H groups in total. The van der Waals surface area contributed by atoms with Gasteiger partial charge in [-0.05, 0) is 61.9 Å². The minimum absolute atomic E-state index is 0.285. The van der Waals surface area contributed by atoms with Crippen molar-refractivity contribution in [3.63, 3.8) is 0 Å². The molecule has 8 heteroatoms. The van der Waals surface area contributed by atoms with E-state index in [4.69, 9.17) is 4.74 Å². The Bertz CT molecular complexity index is 1250. The number of carbonyl (C=O) groups is 1. The van der Waals surface area contributed by atoms with Gasteiger partial charge in [0.25, 0.3) is 5.91 Å². The minimum Gasteiger partial charge on any atom is -0.496 e. The molecule has 0 unspecified atom stereocenters. The minimum atomic E-state index is -0.446. The van der Waals surface area contributed by atoms with Crippen molar-refractivity contribution < 1.29 is 13.9 Å². The Morgan fingerprint density at radius 1 is 1.10 bits per heavy atom. The number of hydrogen-bond acceptors (Lipinski definition) is 6. The van der Waals surface area contributed by atoms with Crippen LogP contribution in [0.5, 0.6) is 5.75 Å². The topological polar surface area (TPSA) is 77.0 Å². The third-order valence-corrected chi connectivity index (χ3v) is 5.31. The Morgan fingerprint density at radius 3 is 2.71 bits per heavy atom. The first-order chi connectivity index (χ1) is 14.9. The van der Waals surface area contributed by atoms with Crippen LogP contribution in [-0.2, 0) is 0 Å². The van der Waals surface area contributed by atoms with Crippen molar-refractivity contribution in [2.45, 2.75) is 13.8 Å². The SMILES string of the molecule is COc1ccc(F)cc1-c1ncccc1C(=O)Nc1nc(-c2cc(C)cc(C)n2)cs1. The first-order valence-corrected chi connectivity index (χ1v) is 10.3. The highest BCUT2D eigenvalue weighted by Gasteiger charge is 2.19. The fraction of sp³-hybridized carbons (Fsp3) is 0.130. The van der Waals surface area contributed by atoms with Crippen molar-refractivity contribution in [1.29, 1.82) is 0 Å². The van der Waals surface area contributed by atoms with Crippen molar-refractivity contribution in [2.24, 2.45) is 0 Å². The summed E-state index contributed by atoms with van der Waals surface area (Å²) in [6.07, 6.45) is 1.55. The van der Waals surface area contributed by atoms with Crippen LogP contribution >= 0.6 is 11.3 Å². The number of aryl methyl sites for hydroxylation is 2. The second-order valence-electron chi connectivity index (χ2n) is 6.91. The van der Waals surface area contributed by atoms with Crippen LogP contribution in [0.1, 0.15) is 21.6 Å². The summed E-state index contributed by atoms with van der Waals surface area (Å²) < 4.78 is 19.2. The zero-order chi connectivity index (χ0) is 22.0. The highest BCUT2D eigenvalue weighted by Crippen LogP contribution is 2.32. The summed E-state index contributed by atoms with van der Waals surface area (Å²) in [5.41, 5.74) is 4.43. The highest BCUT2D eigenvalue weighted by atomic mass is 32.1. The largest absolute Gasteiger partial charge is 0.496 e. The molecule has 31 heavy (non-hydrogen) atoms. The monoisotopic (exact) mass is 434 g/mol. The smallest absolute Gasteiger partial charge is 0.259 e. The Labute approximate surface area is 182 Å². The zero-order valence-corrected chi connectivity index (χ0v) is 18.0. The molecule has 0 fully saturated rings. The number of pyridine rings is 2. The molecular weight excluding hydrogens is 415 g/mol. The molecular formula is C23H19FN4O2S. The van der Waals surface area contributed by atoms with Crippen molar-refractivity contribution in [3.8, 4) is 28.4 Å². The number of hydrogen-bond donors (Lipinski definition) is 1. The standard InChI is InChI=1S/C23H19FN4O2S/c1-13-9-14(2)26-18(10-13)19-12-31-23(27-19)28-22(29)16-5-4-8-25-21(16)17-11-15(24)6-7-20(17)30-3/h4-12H,1-3H3,(H,27,28,29). The molecule has 6 nitrogen and oxygen atoms in total. The molecule has 0 radical (unpaired) electrons.